The van der Waals surface area contributed by atoms with Crippen LogP contribution in [0.3, 0.4) is 0 Å². The van der Waals surface area contributed by atoms with Crippen LogP contribution in [0, 0.1) is 0 Å². The van der Waals surface area contributed by atoms with Crippen LogP contribution in [0.4, 0.5) is 5.69 Å². The molecule has 4 heteroatoms. The highest BCUT2D eigenvalue weighted by molar-refractivity contribution is 6.36. The molecule has 0 aromatic heterocycles. The lowest BCUT2D eigenvalue weighted by atomic mass is 10.3. The molecule has 0 saturated heterocycles. The second-order valence-electron chi connectivity index (χ2n) is 2.24. The predicted molar refractivity (Wildman–Crippen MR) is 52.0 cm³/mol. The molecule has 0 aliphatic carbocycles. The minimum Gasteiger partial charge on any atom is -0.492 e. The molecule has 0 heterocycles. The fraction of sp³-hybridized carbons (Fsp3) is 0.250. The fourth-order valence-corrected chi connectivity index (χ4v) is 1.19. The highest BCUT2D eigenvalue weighted by Crippen LogP contribution is 2.32. The fourth-order valence-electron chi connectivity index (χ4n) is 0.810. The normalized spacial score (nSPS) is 9.92. The number of benzene rings is 1. The lowest BCUT2D eigenvalue weighted by Gasteiger charge is -2.06. The molecule has 0 radical (unpaired) electrons. The van der Waals surface area contributed by atoms with Crippen LogP contribution in [0.25, 0.3) is 0 Å². The first-order chi connectivity index (χ1) is 5.65. The van der Waals surface area contributed by atoms with Crippen molar-refractivity contribution in [3.63, 3.8) is 0 Å². The van der Waals surface area contributed by atoms with Gasteiger partial charge >= 0.3 is 0 Å². The number of rotatable bonds is 2. The van der Waals surface area contributed by atoms with Crippen molar-refractivity contribution in [2.24, 2.45) is 0 Å². The van der Waals surface area contributed by atoms with Gasteiger partial charge in [0.25, 0.3) is 0 Å². The number of hydrogen-bond donors (Lipinski definition) is 1. The van der Waals surface area contributed by atoms with Crippen LogP contribution in [0.2, 0.25) is 10.0 Å². The summed E-state index contributed by atoms with van der Waals surface area (Å²) in [6, 6.07) is 3.19. The first kappa shape index (κ1) is 9.49. The van der Waals surface area contributed by atoms with Gasteiger partial charge in [0, 0.05) is 6.07 Å². The van der Waals surface area contributed by atoms with Gasteiger partial charge in [0.2, 0.25) is 0 Å². The summed E-state index contributed by atoms with van der Waals surface area (Å²) in [6.07, 6.45) is 0. The van der Waals surface area contributed by atoms with Crippen molar-refractivity contribution >= 4 is 28.9 Å². The maximum absolute atomic E-state index is 5.82. The molecule has 0 bridgehead atoms. The molecule has 0 saturated carbocycles. The predicted octanol–water partition coefficient (Wildman–Crippen LogP) is 2.97. The molecule has 2 N–H and O–H groups in total. The first-order valence-corrected chi connectivity index (χ1v) is 4.28. The summed E-state index contributed by atoms with van der Waals surface area (Å²) in [5.74, 6) is 0.568. The largest absolute Gasteiger partial charge is 0.492 e. The number of halogens is 2. The molecule has 1 aromatic rings. The second-order valence-corrected chi connectivity index (χ2v) is 3.05. The highest BCUT2D eigenvalue weighted by atomic mass is 35.5. The van der Waals surface area contributed by atoms with Crippen molar-refractivity contribution < 1.29 is 4.74 Å². The zero-order chi connectivity index (χ0) is 9.14. The Hall–Kier alpha value is -0.600. The summed E-state index contributed by atoms with van der Waals surface area (Å²) in [5, 5.41) is 0.946. The molecular formula is C8H9Cl2NO. The molecule has 0 fully saturated rings. The van der Waals surface area contributed by atoms with E-state index in [0.717, 1.165) is 0 Å². The van der Waals surface area contributed by atoms with Crippen LogP contribution >= 0.6 is 23.2 Å². The summed E-state index contributed by atoms with van der Waals surface area (Å²) < 4.78 is 5.20. The third-order valence-electron chi connectivity index (χ3n) is 1.35. The zero-order valence-electron chi connectivity index (χ0n) is 6.60. The summed E-state index contributed by atoms with van der Waals surface area (Å²) >= 11 is 11.6. The van der Waals surface area contributed by atoms with Crippen LogP contribution in [-0.2, 0) is 0 Å². The Balaban J connectivity index is 3.05. The number of ether oxygens (including phenoxy) is 1. The lowest BCUT2D eigenvalue weighted by Crippen LogP contribution is -1.94. The van der Waals surface area contributed by atoms with Gasteiger partial charge in [0.15, 0.2) is 0 Å². The third-order valence-corrected chi connectivity index (χ3v) is 1.97. The Morgan fingerprint density at radius 3 is 2.58 bits per heavy atom. The van der Waals surface area contributed by atoms with E-state index in [9.17, 15) is 0 Å². The van der Waals surface area contributed by atoms with Crippen molar-refractivity contribution in [3.8, 4) is 5.75 Å². The first-order valence-electron chi connectivity index (χ1n) is 3.52. The Bertz CT molecular complexity index is 289. The van der Waals surface area contributed by atoms with E-state index in [1.54, 1.807) is 12.1 Å². The Morgan fingerprint density at radius 2 is 2.00 bits per heavy atom. The van der Waals surface area contributed by atoms with Crippen LogP contribution in [0.5, 0.6) is 5.75 Å². The Kier molecular flexibility index (Phi) is 3.06. The summed E-state index contributed by atoms with van der Waals surface area (Å²) in [4.78, 5) is 0. The van der Waals surface area contributed by atoms with Gasteiger partial charge in [-0.1, -0.05) is 23.2 Å². The van der Waals surface area contributed by atoms with Crippen LogP contribution < -0.4 is 10.5 Å². The minimum atomic E-state index is 0.461. The van der Waals surface area contributed by atoms with Gasteiger partial charge in [-0.15, -0.1) is 0 Å². The number of anilines is 1. The van der Waals surface area contributed by atoms with E-state index in [-0.39, 0.29) is 0 Å². The molecule has 0 atom stereocenters. The average molecular weight is 206 g/mol. The van der Waals surface area contributed by atoms with E-state index in [1.165, 1.54) is 0 Å². The Labute approximate surface area is 81.2 Å². The van der Waals surface area contributed by atoms with Crippen molar-refractivity contribution in [2.45, 2.75) is 6.92 Å². The number of hydrogen-bond acceptors (Lipinski definition) is 2. The molecule has 0 amide bonds. The second kappa shape index (κ2) is 3.87. The molecule has 0 aliphatic heterocycles. The van der Waals surface area contributed by atoms with E-state index in [0.29, 0.717) is 28.1 Å². The molecule has 1 rings (SSSR count). The van der Waals surface area contributed by atoms with Crippen molar-refractivity contribution in [1.82, 2.24) is 0 Å². The summed E-state index contributed by atoms with van der Waals surface area (Å²) in [5.41, 5.74) is 5.98. The topological polar surface area (TPSA) is 35.2 Å². The molecule has 0 aliphatic rings. The minimum absolute atomic E-state index is 0.461. The van der Waals surface area contributed by atoms with E-state index in [2.05, 4.69) is 0 Å². The van der Waals surface area contributed by atoms with Gasteiger partial charge in [-0.25, -0.2) is 0 Å². The molecule has 0 unspecified atom stereocenters. The monoisotopic (exact) mass is 205 g/mol. The van der Waals surface area contributed by atoms with Crippen molar-refractivity contribution in [2.75, 3.05) is 12.3 Å². The van der Waals surface area contributed by atoms with Gasteiger partial charge in [0.05, 0.1) is 22.3 Å². The van der Waals surface area contributed by atoms with Gasteiger partial charge in [-0.2, -0.15) is 0 Å². The van der Waals surface area contributed by atoms with Gasteiger partial charge in [-0.3, -0.25) is 0 Å². The van der Waals surface area contributed by atoms with E-state index in [4.69, 9.17) is 33.7 Å². The molecule has 1 aromatic carbocycles. The number of nitrogens with two attached hydrogens (primary N) is 1. The SMILES string of the molecule is CCOc1cc(Cl)c(N)cc1Cl. The van der Waals surface area contributed by atoms with Crippen molar-refractivity contribution in [1.29, 1.82) is 0 Å². The lowest BCUT2D eigenvalue weighted by molar-refractivity contribution is 0.340. The highest BCUT2D eigenvalue weighted by Gasteiger charge is 2.04. The van der Waals surface area contributed by atoms with Crippen LogP contribution in [0.1, 0.15) is 6.92 Å². The molecular weight excluding hydrogens is 197 g/mol. The van der Waals surface area contributed by atoms with Gasteiger partial charge in [0.1, 0.15) is 5.75 Å². The van der Waals surface area contributed by atoms with Crippen LogP contribution in [-0.4, -0.2) is 6.61 Å². The third kappa shape index (κ3) is 1.96. The van der Waals surface area contributed by atoms with E-state index >= 15 is 0 Å². The summed E-state index contributed by atoms with van der Waals surface area (Å²) in [7, 11) is 0. The molecule has 2 nitrogen and oxygen atoms in total. The maximum Gasteiger partial charge on any atom is 0.139 e. The molecule has 66 valence electrons. The van der Waals surface area contributed by atoms with Crippen LogP contribution in [0.15, 0.2) is 12.1 Å². The van der Waals surface area contributed by atoms with E-state index < -0.39 is 0 Å². The smallest absolute Gasteiger partial charge is 0.139 e. The van der Waals surface area contributed by atoms with Gasteiger partial charge < -0.3 is 10.5 Å². The van der Waals surface area contributed by atoms with E-state index in [1.807, 2.05) is 6.92 Å². The van der Waals surface area contributed by atoms with Gasteiger partial charge in [-0.05, 0) is 13.0 Å². The Morgan fingerprint density at radius 1 is 1.33 bits per heavy atom. The number of nitrogen functional groups attached to an aromatic ring is 1. The molecule has 0 spiro atoms. The van der Waals surface area contributed by atoms with Crippen molar-refractivity contribution in [3.05, 3.63) is 22.2 Å². The standard InChI is InChI=1S/C8H9Cl2NO/c1-2-12-8-4-5(9)7(11)3-6(8)10/h3-4H,2,11H2,1H3. The quantitative estimate of drug-likeness (QED) is 0.755. The zero-order valence-corrected chi connectivity index (χ0v) is 8.12. The summed E-state index contributed by atoms with van der Waals surface area (Å²) in [6.45, 7) is 2.43. The average Bonchev–Trinajstić information content (AvgIpc) is 2.01. The molecule has 12 heavy (non-hydrogen) atoms. The maximum atomic E-state index is 5.82.